The molecule has 0 aliphatic carbocycles. The molecule has 2 nitrogen and oxygen atoms in total. The van der Waals surface area contributed by atoms with Crippen LogP contribution >= 0.6 is 38.2 Å². The Morgan fingerprint density at radius 1 is 1.05 bits per heavy atom. The van der Waals surface area contributed by atoms with Crippen LogP contribution in [0.3, 0.4) is 0 Å². The zero-order valence-corrected chi connectivity index (χ0v) is 18.7. The topological polar surface area (TPSA) is 15.6 Å². The van der Waals surface area contributed by atoms with Gasteiger partial charge in [-0.1, -0.05) is 6.42 Å². The number of hydrogen-bond acceptors (Lipinski definition) is 2. The van der Waals surface area contributed by atoms with Crippen molar-refractivity contribution in [2.24, 2.45) is 10.9 Å². The zero-order chi connectivity index (χ0) is 16.7. The molecule has 0 N–H and O–H groups in total. The van der Waals surface area contributed by atoms with Crippen LogP contribution in [0.2, 0.25) is 0 Å². The van der Waals surface area contributed by atoms with Gasteiger partial charge in [0.15, 0.2) is 0 Å². The van der Waals surface area contributed by atoms with Gasteiger partial charge in [0.05, 0.1) is 25.9 Å². The Kier molecular flexibility index (Phi) is 10.7. The predicted octanol–water partition coefficient (Wildman–Crippen LogP) is 6.29. The van der Waals surface area contributed by atoms with Crippen LogP contribution in [0.4, 0.5) is 0 Å². The molecule has 1 atom stereocenters. The van der Waals surface area contributed by atoms with Crippen molar-refractivity contribution in [2.75, 3.05) is 13.1 Å². The number of amidine groups is 1. The van der Waals surface area contributed by atoms with Crippen LogP contribution in [-0.4, -0.2) is 34.9 Å². The summed E-state index contributed by atoms with van der Waals surface area (Å²) in [6, 6.07) is 0. The Hall–Kier alpha value is 1.30. The van der Waals surface area contributed by atoms with Crippen molar-refractivity contribution < 1.29 is 11.4 Å². The summed E-state index contributed by atoms with van der Waals surface area (Å²) < 4.78 is 2.79. The molecule has 1 fully saturated rings. The second-order valence-electron chi connectivity index (χ2n) is 6.64. The van der Waals surface area contributed by atoms with Crippen LogP contribution in [0.5, 0.6) is 0 Å². The third-order valence-electron chi connectivity index (χ3n) is 4.31. The molecule has 131 valence electrons. The van der Waals surface area contributed by atoms with E-state index in [0.717, 1.165) is 23.8 Å². The van der Waals surface area contributed by atoms with Crippen molar-refractivity contribution in [3.63, 3.8) is 0 Å². The third-order valence-corrected chi connectivity index (χ3v) is 7.75. The average Bonchev–Trinajstić information content (AvgIpc) is 2.60. The number of fused-ring (bicyclic) bond motifs is 1. The Morgan fingerprint density at radius 2 is 1.59 bits per heavy atom. The number of halogens is 3. The Labute approximate surface area is 154 Å². The van der Waals surface area contributed by atoms with Gasteiger partial charge in [0.25, 0.3) is 0 Å². The minimum absolute atomic E-state index is 0.469. The van der Waals surface area contributed by atoms with Crippen molar-refractivity contribution >= 4 is 44.1 Å². The number of aliphatic imine (C=N–C) groups is 1. The number of nitrogens with zero attached hydrogens (tertiary/aromatic N) is 2. The van der Waals surface area contributed by atoms with E-state index >= 15 is 0 Å². The molecule has 0 bridgehead atoms. The first-order valence-electron chi connectivity index (χ1n) is 8.26. The van der Waals surface area contributed by atoms with Crippen LogP contribution in [0.25, 0.3) is 0 Å². The van der Waals surface area contributed by atoms with Gasteiger partial charge in [-0.3, -0.25) is 4.99 Å². The van der Waals surface area contributed by atoms with Crippen LogP contribution in [0.1, 0.15) is 59.8 Å². The molecular weight excluding hydrogens is 398 g/mol. The van der Waals surface area contributed by atoms with Gasteiger partial charge < -0.3 is 0 Å². The van der Waals surface area contributed by atoms with Gasteiger partial charge in [-0.15, -0.1) is 0 Å². The second-order valence-corrected chi connectivity index (χ2v) is 16.7. The molecule has 1 saturated heterocycles. The molecule has 0 saturated carbocycles. The summed E-state index contributed by atoms with van der Waals surface area (Å²) in [5.41, 5.74) is 1.64. The van der Waals surface area contributed by atoms with Gasteiger partial charge >= 0.3 is 41.5 Å². The first-order valence-corrected chi connectivity index (χ1v) is 15.1. The van der Waals surface area contributed by atoms with Crippen molar-refractivity contribution in [1.82, 2.24) is 4.67 Å². The minimum atomic E-state index is -1.62. The van der Waals surface area contributed by atoms with Crippen LogP contribution in [0, 0.1) is 5.92 Å². The molecule has 0 aromatic rings. The fourth-order valence-corrected chi connectivity index (χ4v) is 7.21. The summed E-state index contributed by atoms with van der Waals surface area (Å²) in [5.74, 6) is 2.30. The fraction of sp³-hybridized carbons (Fsp3) is 0.933. The van der Waals surface area contributed by atoms with Gasteiger partial charge in [-0.25, -0.2) is 4.67 Å². The van der Waals surface area contributed by atoms with E-state index in [1.165, 1.54) is 44.5 Å². The quantitative estimate of drug-likeness (QED) is 0.483. The van der Waals surface area contributed by atoms with Gasteiger partial charge in [0.1, 0.15) is 5.84 Å². The second kappa shape index (κ2) is 11.0. The van der Waals surface area contributed by atoms with E-state index in [2.05, 4.69) is 32.4 Å². The molecule has 2 aliphatic rings. The van der Waals surface area contributed by atoms with Crippen LogP contribution < -0.4 is 0 Å². The molecule has 0 aromatic carbocycles. The van der Waals surface area contributed by atoms with E-state index in [-0.39, 0.29) is 0 Å². The van der Waals surface area contributed by atoms with Crippen molar-refractivity contribution in [3.05, 3.63) is 0 Å². The first kappa shape index (κ1) is 21.3. The van der Waals surface area contributed by atoms with Gasteiger partial charge in [0, 0.05) is 12.5 Å². The van der Waals surface area contributed by atoms with E-state index in [0.29, 0.717) is 0 Å². The summed E-state index contributed by atoms with van der Waals surface area (Å²) >= 11 is -1.62. The average molecular weight is 428 g/mol. The molecule has 1 unspecified atom stereocenters. The first-order chi connectivity index (χ1) is 10.3. The summed E-state index contributed by atoms with van der Waals surface area (Å²) in [6.07, 6.45) is 6.88. The summed E-state index contributed by atoms with van der Waals surface area (Å²) in [7, 11) is 14.3. The molecule has 0 aromatic heterocycles. The van der Waals surface area contributed by atoms with E-state index in [9.17, 15) is 0 Å². The summed E-state index contributed by atoms with van der Waals surface area (Å²) in [5, 5.41) is 0. The zero-order valence-electron chi connectivity index (χ0n) is 14.1. The van der Waals surface area contributed by atoms with Crippen LogP contribution in [-0.2, 0) is 11.4 Å². The van der Waals surface area contributed by atoms with Crippen molar-refractivity contribution in [3.8, 4) is 0 Å². The maximum atomic E-state index is 4.95. The number of hydrogen-bond donors (Lipinski definition) is 0. The van der Waals surface area contributed by atoms with E-state index in [4.69, 9.17) is 35.1 Å². The molecule has 2 heterocycles. The Morgan fingerprint density at radius 3 is 2.14 bits per heavy atom. The van der Waals surface area contributed by atoms with Gasteiger partial charge in [-0.05, 0) is 53.4 Å². The molecule has 2 aliphatic heterocycles. The summed E-state index contributed by atoms with van der Waals surface area (Å²) in [6.45, 7) is 12.0. The number of rotatable bonds is 3. The maximum absolute atomic E-state index is 4.95. The Bertz CT molecular complexity index is 343. The third kappa shape index (κ3) is 7.05. The molecule has 22 heavy (non-hydrogen) atoms. The van der Waals surface area contributed by atoms with Crippen LogP contribution in [0.15, 0.2) is 4.99 Å². The SMILES string of the molecule is CC(C)[PH+](C(C)C)N1CCCCC2CCCN=C21.[Cl][Cr]([Cl])[Cl]. The molecule has 2 rings (SSSR count). The Balaban J connectivity index is 0.000000541. The molecule has 0 radical (unpaired) electrons. The molecule has 0 amide bonds. The molecule has 0 spiro atoms. The monoisotopic (exact) mass is 426 g/mol. The fourth-order valence-electron chi connectivity index (χ4n) is 3.70. The van der Waals surface area contributed by atoms with Gasteiger partial charge in [-0.2, -0.15) is 0 Å². The van der Waals surface area contributed by atoms with E-state index < -0.39 is 19.5 Å². The molecule has 7 heteroatoms. The van der Waals surface area contributed by atoms with E-state index in [1.807, 2.05) is 0 Å². The summed E-state index contributed by atoms with van der Waals surface area (Å²) in [4.78, 5) is 4.95. The molecular formula is C15H30Cl3CrN2P+. The predicted molar refractivity (Wildman–Crippen MR) is 102 cm³/mol. The standard InChI is InChI=1S/C15H29N2P.3ClH.Cr/c1-12(2)18(13(3)4)17-11-6-5-8-14-9-7-10-16-15(14)17;;;;/h12-14H,5-11H2,1-4H3;3*1H;/q;;;;+3/p-2. The normalized spacial score (nSPS) is 22.4. The van der Waals surface area contributed by atoms with E-state index in [1.54, 1.807) is 0 Å². The van der Waals surface area contributed by atoms with Crippen molar-refractivity contribution in [2.45, 2.75) is 71.1 Å². The van der Waals surface area contributed by atoms with Gasteiger partial charge in [0.2, 0.25) is 0 Å². The van der Waals surface area contributed by atoms with Crippen molar-refractivity contribution in [1.29, 1.82) is 0 Å².